The molecule has 108 valence electrons. The van der Waals surface area contributed by atoms with Crippen LogP contribution in [0.5, 0.6) is 0 Å². The zero-order valence-electron chi connectivity index (χ0n) is 12.1. The average Bonchev–Trinajstić information content (AvgIpc) is 2.72. The van der Waals surface area contributed by atoms with Crippen molar-refractivity contribution in [1.82, 2.24) is 15.1 Å². The quantitative estimate of drug-likeness (QED) is 0.836. The minimum absolute atomic E-state index is 0.0261. The zero-order chi connectivity index (χ0) is 13.9. The summed E-state index contributed by atoms with van der Waals surface area (Å²) in [5.41, 5.74) is 1.12. The van der Waals surface area contributed by atoms with E-state index in [4.69, 9.17) is 16.3 Å². The molecule has 0 radical (unpaired) electrons. The van der Waals surface area contributed by atoms with E-state index in [-0.39, 0.29) is 11.6 Å². The first-order valence-electron chi connectivity index (χ1n) is 7.09. The molecule has 1 aromatic rings. The summed E-state index contributed by atoms with van der Waals surface area (Å²) < 4.78 is 7.75. The number of nitrogens with one attached hydrogen (secondary N) is 1. The molecular formula is C14H24ClN3O. The van der Waals surface area contributed by atoms with Crippen LogP contribution in [0.25, 0.3) is 0 Å². The van der Waals surface area contributed by atoms with Gasteiger partial charge in [-0.25, -0.2) is 0 Å². The second kappa shape index (κ2) is 6.25. The molecule has 0 saturated heterocycles. The fourth-order valence-corrected chi connectivity index (χ4v) is 3.15. The molecule has 0 aromatic carbocycles. The van der Waals surface area contributed by atoms with E-state index in [9.17, 15) is 0 Å². The topological polar surface area (TPSA) is 39.1 Å². The molecule has 1 fully saturated rings. The Morgan fingerprint density at radius 2 is 2.32 bits per heavy atom. The average molecular weight is 286 g/mol. The molecule has 0 amide bonds. The first-order valence-corrected chi connectivity index (χ1v) is 7.47. The molecule has 1 heterocycles. The Balaban J connectivity index is 2.19. The molecule has 1 aromatic heterocycles. The van der Waals surface area contributed by atoms with E-state index in [1.165, 1.54) is 6.42 Å². The van der Waals surface area contributed by atoms with Crippen molar-refractivity contribution in [3.63, 3.8) is 0 Å². The van der Waals surface area contributed by atoms with E-state index >= 15 is 0 Å². The van der Waals surface area contributed by atoms with Crippen molar-refractivity contribution >= 4 is 11.6 Å². The maximum Gasteiger partial charge on any atom is 0.0834 e. The predicted molar refractivity (Wildman–Crippen MR) is 77.5 cm³/mol. The van der Waals surface area contributed by atoms with E-state index in [2.05, 4.69) is 17.3 Å². The van der Waals surface area contributed by atoms with Crippen LogP contribution in [0.4, 0.5) is 0 Å². The third-order valence-electron chi connectivity index (χ3n) is 4.22. The number of rotatable bonds is 7. The highest BCUT2D eigenvalue weighted by molar-refractivity contribution is 6.31. The largest absolute Gasteiger partial charge is 0.378 e. The van der Waals surface area contributed by atoms with Gasteiger partial charge in [-0.05, 0) is 39.2 Å². The van der Waals surface area contributed by atoms with Gasteiger partial charge in [0.1, 0.15) is 0 Å². The van der Waals surface area contributed by atoms with Gasteiger partial charge in [0.2, 0.25) is 0 Å². The van der Waals surface area contributed by atoms with Gasteiger partial charge in [-0.3, -0.25) is 4.68 Å². The molecule has 1 aliphatic rings. The second-order valence-electron chi connectivity index (χ2n) is 5.39. The van der Waals surface area contributed by atoms with Gasteiger partial charge in [-0.2, -0.15) is 5.10 Å². The number of halogens is 1. The monoisotopic (exact) mass is 285 g/mol. The highest BCUT2D eigenvalue weighted by Crippen LogP contribution is 2.42. The molecule has 0 bridgehead atoms. The maximum atomic E-state index is 6.32. The van der Waals surface area contributed by atoms with Crippen molar-refractivity contribution in [2.45, 2.75) is 57.2 Å². The molecule has 1 unspecified atom stereocenters. The van der Waals surface area contributed by atoms with Gasteiger partial charge in [-0.1, -0.05) is 18.5 Å². The van der Waals surface area contributed by atoms with Crippen LogP contribution in [0.15, 0.2) is 6.20 Å². The Kier molecular flexibility index (Phi) is 4.87. The van der Waals surface area contributed by atoms with Crippen LogP contribution in [0, 0.1) is 0 Å². The van der Waals surface area contributed by atoms with Gasteiger partial charge in [-0.15, -0.1) is 0 Å². The van der Waals surface area contributed by atoms with Crippen LogP contribution >= 0.6 is 11.6 Å². The van der Waals surface area contributed by atoms with Crippen LogP contribution < -0.4 is 5.32 Å². The molecular weight excluding hydrogens is 262 g/mol. The molecule has 4 nitrogen and oxygen atoms in total. The number of hydrogen-bond donors (Lipinski definition) is 1. The van der Waals surface area contributed by atoms with Crippen LogP contribution in [-0.4, -0.2) is 29.5 Å². The Labute approximate surface area is 120 Å². The normalized spacial score (nSPS) is 19.2. The fraction of sp³-hybridized carbons (Fsp3) is 0.786. The third-order valence-corrected chi connectivity index (χ3v) is 4.51. The highest BCUT2D eigenvalue weighted by Gasteiger charge is 2.40. The molecule has 1 atom stereocenters. The van der Waals surface area contributed by atoms with Crippen molar-refractivity contribution in [2.24, 2.45) is 0 Å². The number of methoxy groups -OCH3 is 1. The lowest BCUT2D eigenvalue weighted by Crippen LogP contribution is -2.42. The molecule has 0 spiro atoms. The molecule has 1 aliphatic carbocycles. The van der Waals surface area contributed by atoms with Crippen LogP contribution in [0.3, 0.4) is 0 Å². The first-order chi connectivity index (χ1) is 9.15. The lowest BCUT2D eigenvalue weighted by Gasteiger charge is -2.42. The number of ether oxygens (including phenoxy) is 1. The Hall–Kier alpha value is -0.580. The maximum absolute atomic E-state index is 6.32. The van der Waals surface area contributed by atoms with Gasteiger partial charge < -0.3 is 10.1 Å². The van der Waals surface area contributed by atoms with Crippen molar-refractivity contribution in [3.8, 4) is 0 Å². The van der Waals surface area contributed by atoms with E-state index in [0.717, 1.165) is 42.9 Å². The SMILES string of the molecule is CCCn1ncc(Cl)c1C(CC1(OC)CCC1)NC. The van der Waals surface area contributed by atoms with E-state index in [0.29, 0.717) is 0 Å². The van der Waals surface area contributed by atoms with E-state index in [1.54, 1.807) is 6.20 Å². The van der Waals surface area contributed by atoms with Crippen LogP contribution in [0.2, 0.25) is 5.02 Å². The predicted octanol–water partition coefficient (Wildman–Crippen LogP) is 3.17. The summed E-state index contributed by atoms with van der Waals surface area (Å²) in [7, 11) is 3.79. The summed E-state index contributed by atoms with van der Waals surface area (Å²) in [4.78, 5) is 0. The summed E-state index contributed by atoms with van der Waals surface area (Å²) in [6, 6.07) is 0.196. The smallest absolute Gasteiger partial charge is 0.0834 e. The van der Waals surface area contributed by atoms with E-state index < -0.39 is 0 Å². The molecule has 2 rings (SSSR count). The summed E-state index contributed by atoms with van der Waals surface area (Å²) in [6.07, 6.45) is 7.29. The van der Waals surface area contributed by atoms with Gasteiger partial charge in [0.05, 0.1) is 28.6 Å². The van der Waals surface area contributed by atoms with Gasteiger partial charge in [0, 0.05) is 13.7 Å². The molecule has 1 saturated carbocycles. The van der Waals surface area contributed by atoms with Crippen molar-refractivity contribution in [2.75, 3.05) is 14.2 Å². The number of aryl methyl sites for hydroxylation is 1. The summed E-state index contributed by atoms with van der Waals surface area (Å²) in [6.45, 7) is 3.05. The highest BCUT2D eigenvalue weighted by atomic mass is 35.5. The fourth-order valence-electron chi connectivity index (χ4n) is 2.88. The standard InChI is InChI=1S/C14H24ClN3O/c1-4-8-18-13(11(15)10-17-18)12(16-2)9-14(19-3)6-5-7-14/h10,12,16H,4-9H2,1-3H3. The molecule has 5 heteroatoms. The van der Waals surface area contributed by atoms with E-state index in [1.807, 2.05) is 18.8 Å². The zero-order valence-corrected chi connectivity index (χ0v) is 12.8. The summed E-state index contributed by atoms with van der Waals surface area (Å²) in [5.74, 6) is 0. The number of hydrogen-bond acceptors (Lipinski definition) is 3. The Morgan fingerprint density at radius 3 is 2.79 bits per heavy atom. The Bertz CT molecular complexity index is 409. The van der Waals surface area contributed by atoms with Crippen molar-refractivity contribution in [1.29, 1.82) is 0 Å². The molecule has 1 N–H and O–H groups in total. The van der Waals surface area contributed by atoms with Crippen molar-refractivity contribution < 1.29 is 4.74 Å². The Morgan fingerprint density at radius 1 is 1.58 bits per heavy atom. The minimum atomic E-state index is 0.0261. The third kappa shape index (κ3) is 2.96. The summed E-state index contributed by atoms with van der Waals surface area (Å²) in [5, 5.41) is 8.50. The van der Waals surface area contributed by atoms with Crippen LogP contribution in [0.1, 0.15) is 50.8 Å². The molecule has 0 aliphatic heterocycles. The van der Waals surface area contributed by atoms with Crippen LogP contribution in [-0.2, 0) is 11.3 Å². The minimum Gasteiger partial charge on any atom is -0.378 e. The lowest BCUT2D eigenvalue weighted by atomic mass is 9.75. The first kappa shape index (κ1) is 14.8. The summed E-state index contributed by atoms with van der Waals surface area (Å²) >= 11 is 6.32. The molecule has 19 heavy (non-hydrogen) atoms. The van der Waals surface area contributed by atoms with Crippen molar-refractivity contribution in [3.05, 3.63) is 16.9 Å². The number of nitrogens with zero attached hydrogens (tertiary/aromatic N) is 2. The van der Waals surface area contributed by atoms with Gasteiger partial charge >= 0.3 is 0 Å². The van der Waals surface area contributed by atoms with Gasteiger partial charge in [0.15, 0.2) is 0 Å². The lowest BCUT2D eigenvalue weighted by molar-refractivity contribution is -0.0838. The number of aromatic nitrogens is 2. The second-order valence-corrected chi connectivity index (χ2v) is 5.79. The van der Waals surface area contributed by atoms with Gasteiger partial charge in [0.25, 0.3) is 0 Å².